The van der Waals surface area contributed by atoms with E-state index in [-0.39, 0.29) is 5.75 Å². The Bertz CT molecular complexity index is 1150. The van der Waals surface area contributed by atoms with Crippen LogP contribution in [0.25, 0.3) is 22.0 Å². The number of ether oxygens (including phenoxy) is 2. The fourth-order valence-corrected chi connectivity index (χ4v) is 4.24. The molecule has 0 saturated carbocycles. The summed E-state index contributed by atoms with van der Waals surface area (Å²) >= 11 is 0. The van der Waals surface area contributed by atoms with E-state index in [9.17, 15) is 13.2 Å². The predicted octanol–water partition coefficient (Wildman–Crippen LogP) is 4.92. The standard InChI is InChI=1S/C25H29F3N4O2/c1-3-33-24-15-19(34-25(26,27)28)7-8-20(24)21-13-17-5-6-18(29)14-22(17)30-23(21)16-32-10-4-9-31(2)11-12-32/h5-8,13-15H,3-4,9-12,16,29H2,1-2H3. The highest BCUT2D eigenvalue weighted by Gasteiger charge is 2.31. The van der Waals surface area contributed by atoms with Gasteiger partial charge in [0.25, 0.3) is 0 Å². The molecule has 0 amide bonds. The van der Waals surface area contributed by atoms with Gasteiger partial charge in [-0.1, -0.05) is 6.07 Å². The molecule has 182 valence electrons. The third-order valence-electron chi connectivity index (χ3n) is 5.88. The summed E-state index contributed by atoms with van der Waals surface area (Å²) in [5, 5.41) is 0.890. The lowest BCUT2D eigenvalue weighted by molar-refractivity contribution is -0.274. The summed E-state index contributed by atoms with van der Waals surface area (Å²) < 4.78 is 48.2. The van der Waals surface area contributed by atoms with Crippen LogP contribution in [0.2, 0.25) is 0 Å². The van der Waals surface area contributed by atoms with Crippen LogP contribution in [0, 0.1) is 0 Å². The van der Waals surface area contributed by atoms with Gasteiger partial charge in [0.05, 0.1) is 17.8 Å². The number of nitrogen functional groups attached to an aromatic ring is 1. The van der Waals surface area contributed by atoms with Crippen molar-refractivity contribution in [1.29, 1.82) is 0 Å². The minimum absolute atomic E-state index is 0.299. The van der Waals surface area contributed by atoms with E-state index >= 15 is 0 Å². The average Bonchev–Trinajstić information content (AvgIpc) is 2.97. The second kappa shape index (κ2) is 10.1. The molecule has 1 aliphatic rings. The maximum absolute atomic E-state index is 12.8. The molecule has 0 atom stereocenters. The molecule has 1 aliphatic heterocycles. The summed E-state index contributed by atoms with van der Waals surface area (Å²) in [7, 11) is 2.12. The second-order valence-electron chi connectivity index (χ2n) is 8.51. The lowest BCUT2D eigenvalue weighted by atomic mass is 9.99. The van der Waals surface area contributed by atoms with Crippen LogP contribution in [0.3, 0.4) is 0 Å². The molecule has 0 aliphatic carbocycles. The third kappa shape index (κ3) is 5.90. The molecule has 6 nitrogen and oxygen atoms in total. The van der Waals surface area contributed by atoms with Crippen LogP contribution in [0.1, 0.15) is 19.0 Å². The average molecular weight is 475 g/mol. The zero-order valence-corrected chi connectivity index (χ0v) is 19.4. The van der Waals surface area contributed by atoms with Crippen molar-refractivity contribution in [1.82, 2.24) is 14.8 Å². The van der Waals surface area contributed by atoms with Crippen LogP contribution in [0.4, 0.5) is 18.9 Å². The number of benzene rings is 2. The highest BCUT2D eigenvalue weighted by Crippen LogP contribution is 2.38. The van der Waals surface area contributed by atoms with Gasteiger partial charge in [0.1, 0.15) is 11.5 Å². The second-order valence-corrected chi connectivity index (χ2v) is 8.51. The number of nitrogens with two attached hydrogens (primary N) is 1. The lowest BCUT2D eigenvalue weighted by Gasteiger charge is -2.22. The summed E-state index contributed by atoms with van der Waals surface area (Å²) in [6.07, 6.45) is -3.72. The van der Waals surface area contributed by atoms with Crippen molar-refractivity contribution in [2.75, 3.05) is 45.6 Å². The monoisotopic (exact) mass is 474 g/mol. The summed E-state index contributed by atoms with van der Waals surface area (Å²) in [5.74, 6) is -0.00368. The quantitative estimate of drug-likeness (QED) is 0.512. The van der Waals surface area contributed by atoms with E-state index in [2.05, 4.69) is 21.6 Å². The van der Waals surface area contributed by atoms with Crippen molar-refractivity contribution in [3.05, 3.63) is 48.2 Å². The molecule has 0 unspecified atom stereocenters. The van der Waals surface area contributed by atoms with Crippen molar-refractivity contribution in [2.24, 2.45) is 0 Å². The van der Waals surface area contributed by atoms with Crippen LogP contribution in [-0.2, 0) is 6.54 Å². The van der Waals surface area contributed by atoms with Gasteiger partial charge in [0, 0.05) is 47.9 Å². The number of alkyl halides is 3. The van der Waals surface area contributed by atoms with E-state index in [0.29, 0.717) is 30.2 Å². The summed E-state index contributed by atoms with van der Waals surface area (Å²) in [6.45, 7) is 6.55. The van der Waals surface area contributed by atoms with Gasteiger partial charge >= 0.3 is 6.36 Å². The van der Waals surface area contributed by atoms with Gasteiger partial charge in [-0.2, -0.15) is 0 Å². The molecule has 0 radical (unpaired) electrons. The first-order chi connectivity index (χ1) is 16.2. The normalized spacial score (nSPS) is 15.9. The molecule has 0 bridgehead atoms. The molecule has 2 aromatic carbocycles. The van der Waals surface area contributed by atoms with Gasteiger partial charge in [-0.05, 0) is 63.8 Å². The van der Waals surface area contributed by atoms with Gasteiger partial charge in [-0.3, -0.25) is 9.88 Å². The van der Waals surface area contributed by atoms with Crippen molar-refractivity contribution in [3.8, 4) is 22.6 Å². The summed E-state index contributed by atoms with van der Waals surface area (Å²) in [6, 6.07) is 11.7. The molecule has 34 heavy (non-hydrogen) atoms. The molecule has 1 saturated heterocycles. The first-order valence-electron chi connectivity index (χ1n) is 11.3. The van der Waals surface area contributed by atoms with Crippen molar-refractivity contribution < 1.29 is 22.6 Å². The van der Waals surface area contributed by atoms with Crippen LogP contribution >= 0.6 is 0 Å². The van der Waals surface area contributed by atoms with E-state index in [0.717, 1.165) is 54.8 Å². The van der Waals surface area contributed by atoms with E-state index in [4.69, 9.17) is 15.5 Å². The number of anilines is 1. The highest BCUT2D eigenvalue weighted by atomic mass is 19.4. The van der Waals surface area contributed by atoms with E-state index in [1.165, 1.54) is 12.1 Å². The molecule has 2 heterocycles. The number of nitrogens with zero attached hydrogens (tertiary/aromatic N) is 3. The Morgan fingerprint density at radius 3 is 2.59 bits per heavy atom. The number of hydrogen-bond acceptors (Lipinski definition) is 6. The highest BCUT2D eigenvalue weighted by molar-refractivity contribution is 5.88. The van der Waals surface area contributed by atoms with Crippen LogP contribution in [0.15, 0.2) is 42.5 Å². The Labute approximate surface area is 197 Å². The molecule has 4 rings (SSSR count). The molecular formula is C25H29F3N4O2. The van der Waals surface area contributed by atoms with E-state index in [1.54, 1.807) is 13.0 Å². The zero-order valence-electron chi connectivity index (χ0n) is 19.4. The number of rotatable bonds is 6. The number of hydrogen-bond donors (Lipinski definition) is 1. The number of likely N-dealkylation sites (N-methyl/N-ethyl adjacent to an activating group) is 1. The Hall–Kier alpha value is -3.04. The van der Waals surface area contributed by atoms with Gasteiger partial charge in [-0.15, -0.1) is 13.2 Å². The first kappa shape index (κ1) is 24.1. The van der Waals surface area contributed by atoms with Crippen molar-refractivity contribution in [3.63, 3.8) is 0 Å². The van der Waals surface area contributed by atoms with Gasteiger partial charge < -0.3 is 20.1 Å². The topological polar surface area (TPSA) is 63.9 Å². The van der Waals surface area contributed by atoms with Crippen LogP contribution in [-0.4, -0.2) is 61.0 Å². The largest absolute Gasteiger partial charge is 0.573 e. The maximum atomic E-state index is 12.8. The maximum Gasteiger partial charge on any atom is 0.573 e. The number of pyridine rings is 1. The first-order valence-corrected chi connectivity index (χ1v) is 11.3. The molecule has 1 aromatic heterocycles. The van der Waals surface area contributed by atoms with Gasteiger partial charge in [-0.25, -0.2) is 0 Å². The van der Waals surface area contributed by atoms with E-state index in [1.807, 2.05) is 24.3 Å². The fourth-order valence-electron chi connectivity index (χ4n) is 4.24. The lowest BCUT2D eigenvalue weighted by Crippen LogP contribution is -2.29. The molecule has 1 fully saturated rings. The Morgan fingerprint density at radius 1 is 1.00 bits per heavy atom. The minimum Gasteiger partial charge on any atom is -0.493 e. The molecular weight excluding hydrogens is 445 g/mol. The summed E-state index contributed by atoms with van der Waals surface area (Å²) in [4.78, 5) is 9.60. The fraction of sp³-hybridized carbons (Fsp3) is 0.400. The van der Waals surface area contributed by atoms with Crippen LogP contribution in [0.5, 0.6) is 11.5 Å². The number of halogens is 3. The van der Waals surface area contributed by atoms with Gasteiger partial charge in [0.2, 0.25) is 0 Å². The summed E-state index contributed by atoms with van der Waals surface area (Å²) in [5.41, 5.74) is 9.71. The SMILES string of the molecule is CCOc1cc(OC(F)(F)F)ccc1-c1cc2ccc(N)cc2nc1CN1CCCN(C)CC1. The third-order valence-corrected chi connectivity index (χ3v) is 5.88. The van der Waals surface area contributed by atoms with Crippen molar-refractivity contribution in [2.45, 2.75) is 26.3 Å². The zero-order chi connectivity index (χ0) is 24.3. The molecule has 2 N–H and O–H groups in total. The molecule has 9 heteroatoms. The van der Waals surface area contributed by atoms with Crippen molar-refractivity contribution >= 4 is 16.6 Å². The van der Waals surface area contributed by atoms with E-state index < -0.39 is 6.36 Å². The smallest absolute Gasteiger partial charge is 0.493 e. The molecule has 0 spiro atoms. The van der Waals surface area contributed by atoms with Gasteiger partial charge in [0.15, 0.2) is 0 Å². The van der Waals surface area contributed by atoms with Crippen LogP contribution < -0.4 is 15.2 Å². The minimum atomic E-state index is -4.78. The number of fused-ring (bicyclic) bond motifs is 1. The predicted molar refractivity (Wildman–Crippen MR) is 127 cm³/mol. The Morgan fingerprint density at radius 2 is 1.82 bits per heavy atom. The molecule has 3 aromatic rings. The Balaban J connectivity index is 1.79. The Kier molecular flexibility index (Phi) is 7.13. The number of aromatic nitrogens is 1.